The summed E-state index contributed by atoms with van der Waals surface area (Å²) < 4.78 is -0.750. The van der Waals surface area contributed by atoms with Crippen molar-refractivity contribution in [1.29, 1.82) is 0 Å². The number of halogens is 3. The highest BCUT2D eigenvalue weighted by Crippen LogP contribution is 2.17. The Hall–Kier alpha value is -1.06. The summed E-state index contributed by atoms with van der Waals surface area (Å²) in [6.45, 7) is 0. The minimum Gasteiger partial charge on any atom is -0.380 e. The van der Waals surface area contributed by atoms with Gasteiger partial charge < -0.3 is 5.11 Å². The molecule has 0 heterocycles. The predicted octanol–water partition coefficient (Wildman–Crippen LogP) is 4.59. The van der Waals surface area contributed by atoms with E-state index in [2.05, 4.69) is 0 Å². The zero-order valence-corrected chi connectivity index (χ0v) is 12.7. The van der Waals surface area contributed by atoms with Crippen molar-refractivity contribution in [2.75, 3.05) is 0 Å². The fraction of sp³-hybridized carbons (Fsp3) is 0.133. The molecule has 1 unspecified atom stereocenters. The van der Waals surface area contributed by atoms with Crippen LogP contribution < -0.4 is 0 Å². The number of carbonyl (C=O) groups is 1. The number of hydrogen-bond acceptors (Lipinski definition) is 2. The van der Waals surface area contributed by atoms with Crippen LogP contribution in [-0.4, -0.2) is 15.2 Å². The lowest BCUT2D eigenvalue weighted by Crippen LogP contribution is -2.11. The van der Waals surface area contributed by atoms with Crippen LogP contribution in [-0.2, 0) is 0 Å². The molecule has 106 valence electrons. The van der Waals surface area contributed by atoms with Crippen LogP contribution in [0.3, 0.4) is 0 Å². The van der Waals surface area contributed by atoms with Crippen LogP contribution in [0.5, 0.6) is 0 Å². The summed E-state index contributed by atoms with van der Waals surface area (Å²) in [5.74, 6) is -0.271. The second-order valence-electron chi connectivity index (χ2n) is 3.79. The number of rotatable bonds is 3. The van der Waals surface area contributed by atoms with Crippen molar-refractivity contribution in [1.82, 2.24) is 0 Å². The summed E-state index contributed by atoms with van der Waals surface area (Å²) >= 11 is 14.4. The summed E-state index contributed by atoms with van der Waals surface area (Å²) in [7, 11) is 0. The summed E-state index contributed by atoms with van der Waals surface area (Å²) in [4.78, 5) is 11.9. The highest BCUT2D eigenvalue weighted by atomic mass is 35.6. The highest BCUT2D eigenvalue weighted by molar-refractivity contribution is 6.63. The van der Waals surface area contributed by atoms with Gasteiger partial charge in [-0.1, -0.05) is 95.5 Å². The van der Waals surface area contributed by atoms with E-state index in [1.165, 1.54) is 0 Å². The molecule has 0 bridgehead atoms. The summed E-state index contributed by atoms with van der Waals surface area (Å²) in [6.07, 6.45) is -1.08. The van der Waals surface area contributed by atoms with E-state index in [0.29, 0.717) is 11.1 Å². The molecule has 0 aliphatic rings. The van der Waals surface area contributed by atoms with Crippen LogP contribution in [0.4, 0.5) is 0 Å². The van der Waals surface area contributed by atoms with Gasteiger partial charge in [0.25, 0.3) is 0 Å². The zero-order valence-electron chi connectivity index (χ0n) is 10.4. The van der Waals surface area contributed by atoms with Crippen molar-refractivity contribution in [2.24, 2.45) is 0 Å². The van der Waals surface area contributed by atoms with E-state index in [0.717, 1.165) is 0 Å². The Balaban J connectivity index is 0.000000444. The quantitative estimate of drug-likeness (QED) is 0.660. The Kier molecular flexibility index (Phi) is 7.63. The first-order chi connectivity index (χ1) is 9.52. The van der Waals surface area contributed by atoms with Gasteiger partial charge in [0.1, 0.15) is 6.10 Å². The van der Waals surface area contributed by atoms with Crippen molar-refractivity contribution in [3.05, 3.63) is 71.8 Å². The zero-order chi connectivity index (χ0) is 15.0. The third kappa shape index (κ3) is 5.93. The predicted molar refractivity (Wildman–Crippen MR) is 83.5 cm³/mol. The molecule has 2 nitrogen and oxygen atoms in total. The van der Waals surface area contributed by atoms with Gasteiger partial charge >= 0.3 is 0 Å². The van der Waals surface area contributed by atoms with Crippen molar-refractivity contribution in [3.8, 4) is 0 Å². The molecule has 2 aromatic rings. The second-order valence-corrected chi connectivity index (χ2v) is 5.77. The standard InChI is InChI=1S/C14H12O2.CHCl3/c15-13(11-7-3-1-4-8-11)14(16)12-9-5-2-6-10-12;2-1(3)4/h1-10,13,15H;1H. The summed E-state index contributed by atoms with van der Waals surface area (Å²) in [6, 6.07) is 17.7. The van der Waals surface area contributed by atoms with Crippen LogP contribution in [0.25, 0.3) is 0 Å². The lowest BCUT2D eigenvalue weighted by Gasteiger charge is -2.09. The topological polar surface area (TPSA) is 37.3 Å². The number of Topliss-reactive ketones (excluding diaryl/α,β-unsaturated/α-hetero) is 1. The molecule has 0 amide bonds. The molecule has 2 aromatic carbocycles. The van der Waals surface area contributed by atoms with Gasteiger partial charge in [0.15, 0.2) is 10.1 Å². The van der Waals surface area contributed by atoms with E-state index >= 15 is 0 Å². The van der Waals surface area contributed by atoms with E-state index in [1.807, 2.05) is 12.1 Å². The van der Waals surface area contributed by atoms with Gasteiger partial charge in [0.2, 0.25) is 0 Å². The third-order valence-corrected chi connectivity index (χ3v) is 2.42. The SMILES string of the molecule is ClC(Cl)Cl.O=C(c1ccccc1)C(O)c1ccccc1. The van der Waals surface area contributed by atoms with Crippen LogP contribution in [0.2, 0.25) is 0 Å². The maximum absolute atomic E-state index is 11.9. The van der Waals surface area contributed by atoms with Gasteiger partial charge in [0, 0.05) is 5.56 Å². The number of benzene rings is 2. The molecule has 0 aliphatic carbocycles. The third-order valence-electron chi connectivity index (χ3n) is 2.42. The summed E-state index contributed by atoms with van der Waals surface area (Å²) in [5.41, 5.74) is 1.15. The number of hydrogen-bond donors (Lipinski definition) is 1. The Morgan fingerprint density at radius 3 is 1.70 bits per heavy atom. The van der Waals surface area contributed by atoms with Crippen LogP contribution in [0, 0.1) is 0 Å². The lowest BCUT2D eigenvalue weighted by atomic mass is 10.0. The number of aliphatic hydroxyl groups excluding tert-OH is 1. The number of ketones is 1. The molecule has 0 spiro atoms. The minimum atomic E-state index is -1.08. The van der Waals surface area contributed by atoms with Gasteiger partial charge in [-0.3, -0.25) is 4.79 Å². The first kappa shape index (κ1) is 17.0. The molecule has 0 radical (unpaired) electrons. The van der Waals surface area contributed by atoms with E-state index in [-0.39, 0.29) is 5.78 Å². The number of aliphatic hydroxyl groups is 1. The maximum atomic E-state index is 11.9. The number of carbonyl (C=O) groups excluding carboxylic acids is 1. The van der Waals surface area contributed by atoms with E-state index in [4.69, 9.17) is 34.8 Å². The molecule has 5 heteroatoms. The lowest BCUT2D eigenvalue weighted by molar-refractivity contribution is 0.0747. The molecular weight excluding hydrogens is 319 g/mol. The molecule has 1 atom stereocenters. The Morgan fingerprint density at radius 2 is 1.25 bits per heavy atom. The number of alkyl halides is 3. The van der Waals surface area contributed by atoms with Crippen molar-refractivity contribution >= 4 is 40.6 Å². The molecule has 1 N–H and O–H groups in total. The highest BCUT2D eigenvalue weighted by Gasteiger charge is 2.18. The largest absolute Gasteiger partial charge is 0.380 e. The smallest absolute Gasteiger partial charge is 0.195 e. The average molecular weight is 332 g/mol. The Labute approximate surface area is 132 Å². The van der Waals surface area contributed by atoms with Crippen LogP contribution >= 0.6 is 34.8 Å². The Bertz CT molecular complexity index is 512. The van der Waals surface area contributed by atoms with Gasteiger partial charge in [-0.05, 0) is 5.56 Å². The monoisotopic (exact) mass is 330 g/mol. The van der Waals surface area contributed by atoms with Crippen molar-refractivity contribution in [2.45, 2.75) is 10.4 Å². The molecule has 0 aromatic heterocycles. The van der Waals surface area contributed by atoms with Crippen molar-refractivity contribution < 1.29 is 9.90 Å². The van der Waals surface area contributed by atoms with Gasteiger partial charge in [0.05, 0.1) is 0 Å². The van der Waals surface area contributed by atoms with Gasteiger partial charge in [-0.2, -0.15) is 0 Å². The fourth-order valence-electron chi connectivity index (χ4n) is 1.55. The summed E-state index contributed by atoms with van der Waals surface area (Å²) in [5, 5.41) is 9.89. The first-order valence-corrected chi connectivity index (χ1v) is 7.08. The maximum Gasteiger partial charge on any atom is 0.195 e. The van der Waals surface area contributed by atoms with Crippen LogP contribution in [0.1, 0.15) is 22.0 Å². The molecular formula is C15H13Cl3O2. The minimum absolute atomic E-state index is 0.271. The normalized spacial score (nSPS) is 11.4. The van der Waals surface area contributed by atoms with Gasteiger partial charge in [-0.25, -0.2) is 0 Å². The molecule has 0 saturated carbocycles. The first-order valence-electron chi connectivity index (χ1n) is 5.77. The Morgan fingerprint density at radius 1 is 0.850 bits per heavy atom. The van der Waals surface area contributed by atoms with Gasteiger partial charge in [-0.15, -0.1) is 0 Å². The van der Waals surface area contributed by atoms with Crippen molar-refractivity contribution in [3.63, 3.8) is 0 Å². The molecule has 2 rings (SSSR count). The molecule has 0 aliphatic heterocycles. The molecule has 0 fully saturated rings. The molecule has 20 heavy (non-hydrogen) atoms. The molecule has 0 saturated heterocycles. The van der Waals surface area contributed by atoms with Crippen LogP contribution in [0.15, 0.2) is 60.7 Å². The van der Waals surface area contributed by atoms with E-state index in [1.54, 1.807) is 48.5 Å². The second kappa shape index (κ2) is 8.98. The van der Waals surface area contributed by atoms with E-state index < -0.39 is 10.4 Å². The van der Waals surface area contributed by atoms with E-state index in [9.17, 15) is 9.90 Å². The average Bonchev–Trinajstić information content (AvgIpc) is 2.47. The fourth-order valence-corrected chi connectivity index (χ4v) is 1.55.